The highest BCUT2D eigenvalue weighted by Crippen LogP contribution is 2.28. The zero-order valence-corrected chi connectivity index (χ0v) is 9.71. The number of nitrogens with zero attached hydrogens (tertiary/aromatic N) is 1. The van der Waals surface area contributed by atoms with Gasteiger partial charge in [0.1, 0.15) is 0 Å². The number of amides is 1. The summed E-state index contributed by atoms with van der Waals surface area (Å²) in [7, 11) is 0. The second-order valence-corrected chi connectivity index (χ2v) is 3.81. The molecule has 0 aliphatic rings. The Balaban J connectivity index is 2.35. The minimum absolute atomic E-state index is 0.160. The summed E-state index contributed by atoms with van der Waals surface area (Å²) in [6.07, 6.45) is -3.03. The maximum absolute atomic E-state index is 12.5. The van der Waals surface area contributed by atoms with Gasteiger partial charge in [-0.15, -0.1) is 6.58 Å². The SMILES string of the molecule is C=CCNC(=O)c1ccc2nc(C(F)(F)F)[nH]c2c1. The number of hydrogen-bond acceptors (Lipinski definition) is 2. The van der Waals surface area contributed by atoms with E-state index in [1.165, 1.54) is 24.3 Å². The lowest BCUT2D eigenvalue weighted by molar-refractivity contribution is -0.144. The van der Waals surface area contributed by atoms with Crippen LogP contribution in [0.25, 0.3) is 11.0 Å². The Morgan fingerprint density at radius 2 is 2.21 bits per heavy atom. The van der Waals surface area contributed by atoms with Gasteiger partial charge < -0.3 is 10.3 Å². The molecule has 1 aromatic carbocycles. The fourth-order valence-electron chi connectivity index (χ4n) is 1.55. The van der Waals surface area contributed by atoms with Crippen LogP contribution in [0.2, 0.25) is 0 Å². The number of rotatable bonds is 3. The fourth-order valence-corrected chi connectivity index (χ4v) is 1.55. The van der Waals surface area contributed by atoms with Gasteiger partial charge >= 0.3 is 6.18 Å². The zero-order chi connectivity index (χ0) is 14.0. The Hall–Kier alpha value is -2.31. The van der Waals surface area contributed by atoms with Crippen molar-refractivity contribution in [3.63, 3.8) is 0 Å². The standard InChI is InChI=1S/C12H10F3N3O/c1-2-5-16-10(19)7-3-4-8-9(6-7)18-11(17-8)12(13,14)15/h2-4,6H,1,5H2,(H,16,19)(H,17,18). The lowest BCUT2D eigenvalue weighted by Crippen LogP contribution is -2.22. The van der Waals surface area contributed by atoms with Crippen LogP contribution in [0.1, 0.15) is 16.2 Å². The Morgan fingerprint density at radius 3 is 2.84 bits per heavy atom. The first kappa shape index (κ1) is 13.1. The minimum Gasteiger partial charge on any atom is -0.349 e. The van der Waals surface area contributed by atoms with Crippen LogP contribution in [0, 0.1) is 0 Å². The molecule has 0 unspecified atom stereocenters. The molecule has 1 amide bonds. The number of hydrogen-bond donors (Lipinski definition) is 2. The summed E-state index contributed by atoms with van der Waals surface area (Å²) in [5.41, 5.74) is 0.581. The summed E-state index contributed by atoms with van der Waals surface area (Å²) in [4.78, 5) is 17.2. The highest BCUT2D eigenvalue weighted by Gasteiger charge is 2.34. The third-order valence-electron chi connectivity index (χ3n) is 2.42. The van der Waals surface area contributed by atoms with Gasteiger partial charge in [-0.3, -0.25) is 4.79 Å². The smallest absolute Gasteiger partial charge is 0.349 e. The number of halogens is 3. The van der Waals surface area contributed by atoms with Crippen molar-refractivity contribution in [2.45, 2.75) is 6.18 Å². The number of fused-ring (bicyclic) bond motifs is 1. The van der Waals surface area contributed by atoms with Crippen LogP contribution < -0.4 is 5.32 Å². The van der Waals surface area contributed by atoms with Gasteiger partial charge in [-0.2, -0.15) is 13.2 Å². The first-order valence-corrected chi connectivity index (χ1v) is 5.38. The summed E-state index contributed by atoms with van der Waals surface area (Å²) >= 11 is 0. The summed E-state index contributed by atoms with van der Waals surface area (Å²) in [5.74, 6) is -1.46. The average molecular weight is 269 g/mol. The van der Waals surface area contributed by atoms with Crippen molar-refractivity contribution in [1.82, 2.24) is 15.3 Å². The van der Waals surface area contributed by atoms with Gasteiger partial charge in [0, 0.05) is 12.1 Å². The molecule has 0 aliphatic carbocycles. The third-order valence-corrected chi connectivity index (χ3v) is 2.42. The van der Waals surface area contributed by atoms with E-state index in [2.05, 4.69) is 21.9 Å². The number of H-pyrrole nitrogens is 1. The zero-order valence-electron chi connectivity index (χ0n) is 9.71. The molecule has 2 N–H and O–H groups in total. The van der Waals surface area contributed by atoms with Gasteiger partial charge in [0.2, 0.25) is 5.82 Å². The summed E-state index contributed by atoms with van der Waals surface area (Å²) in [6, 6.07) is 4.11. The maximum atomic E-state index is 12.5. The third kappa shape index (κ3) is 2.75. The van der Waals surface area contributed by atoms with Crippen molar-refractivity contribution in [1.29, 1.82) is 0 Å². The molecule has 0 saturated heterocycles. The lowest BCUT2D eigenvalue weighted by Gasteiger charge is -2.01. The number of aromatic nitrogens is 2. The maximum Gasteiger partial charge on any atom is 0.449 e. The van der Waals surface area contributed by atoms with E-state index in [1.54, 1.807) is 0 Å². The van der Waals surface area contributed by atoms with Gasteiger partial charge in [-0.25, -0.2) is 4.98 Å². The Kier molecular flexibility index (Phi) is 3.28. The molecule has 2 rings (SSSR count). The molecular weight excluding hydrogens is 259 g/mol. The van der Waals surface area contributed by atoms with Crippen LogP contribution in [-0.4, -0.2) is 22.4 Å². The fraction of sp³-hybridized carbons (Fsp3) is 0.167. The number of carbonyl (C=O) groups is 1. The number of aromatic amines is 1. The predicted molar refractivity (Wildman–Crippen MR) is 63.6 cm³/mol. The van der Waals surface area contributed by atoms with E-state index in [-0.39, 0.29) is 29.0 Å². The van der Waals surface area contributed by atoms with Gasteiger partial charge in [-0.1, -0.05) is 6.08 Å². The molecule has 0 bridgehead atoms. The van der Waals surface area contributed by atoms with E-state index >= 15 is 0 Å². The monoisotopic (exact) mass is 269 g/mol. The van der Waals surface area contributed by atoms with Gasteiger partial charge in [0.25, 0.3) is 5.91 Å². The molecule has 0 aliphatic heterocycles. The van der Waals surface area contributed by atoms with Crippen LogP contribution in [-0.2, 0) is 6.18 Å². The molecule has 0 atom stereocenters. The molecule has 0 fully saturated rings. The number of imidazole rings is 1. The molecule has 0 radical (unpaired) electrons. The van der Waals surface area contributed by atoms with Crippen molar-refractivity contribution < 1.29 is 18.0 Å². The summed E-state index contributed by atoms with van der Waals surface area (Å²) in [6.45, 7) is 3.74. The number of nitrogens with one attached hydrogen (secondary N) is 2. The normalized spacial score (nSPS) is 11.5. The number of benzene rings is 1. The van der Waals surface area contributed by atoms with Crippen LogP contribution >= 0.6 is 0 Å². The molecule has 1 aromatic heterocycles. The van der Waals surface area contributed by atoms with E-state index in [4.69, 9.17) is 0 Å². The molecule has 0 saturated carbocycles. The summed E-state index contributed by atoms with van der Waals surface area (Å²) in [5, 5.41) is 2.54. The van der Waals surface area contributed by atoms with E-state index in [9.17, 15) is 18.0 Å². The van der Waals surface area contributed by atoms with Crippen molar-refractivity contribution in [3.8, 4) is 0 Å². The molecular formula is C12H10F3N3O. The van der Waals surface area contributed by atoms with E-state index in [0.717, 1.165) is 0 Å². The highest BCUT2D eigenvalue weighted by atomic mass is 19.4. The summed E-state index contributed by atoms with van der Waals surface area (Å²) < 4.78 is 37.4. The van der Waals surface area contributed by atoms with E-state index in [0.29, 0.717) is 0 Å². The van der Waals surface area contributed by atoms with Gasteiger partial charge in [0.15, 0.2) is 0 Å². The van der Waals surface area contributed by atoms with Crippen LogP contribution in [0.4, 0.5) is 13.2 Å². The molecule has 4 nitrogen and oxygen atoms in total. The second-order valence-electron chi connectivity index (χ2n) is 3.81. The lowest BCUT2D eigenvalue weighted by atomic mass is 10.2. The molecule has 0 spiro atoms. The van der Waals surface area contributed by atoms with Crippen LogP contribution in [0.15, 0.2) is 30.9 Å². The second kappa shape index (κ2) is 4.75. The molecule has 19 heavy (non-hydrogen) atoms. The largest absolute Gasteiger partial charge is 0.449 e. The van der Waals surface area contributed by atoms with E-state index in [1.807, 2.05) is 0 Å². The molecule has 2 aromatic rings. The highest BCUT2D eigenvalue weighted by molar-refractivity contribution is 5.97. The molecule has 1 heterocycles. The van der Waals surface area contributed by atoms with Crippen molar-refractivity contribution >= 4 is 16.9 Å². The Labute approximate surface area is 106 Å². The van der Waals surface area contributed by atoms with Crippen LogP contribution in [0.5, 0.6) is 0 Å². The first-order chi connectivity index (χ1) is 8.91. The van der Waals surface area contributed by atoms with E-state index < -0.39 is 12.0 Å². The van der Waals surface area contributed by atoms with Crippen LogP contribution in [0.3, 0.4) is 0 Å². The van der Waals surface area contributed by atoms with Gasteiger partial charge in [-0.05, 0) is 18.2 Å². The number of carbonyl (C=O) groups excluding carboxylic acids is 1. The number of alkyl halides is 3. The minimum atomic E-state index is -4.54. The van der Waals surface area contributed by atoms with Crippen molar-refractivity contribution in [2.24, 2.45) is 0 Å². The Morgan fingerprint density at radius 1 is 1.47 bits per heavy atom. The first-order valence-electron chi connectivity index (χ1n) is 5.38. The average Bonchev–Trinajstić information content (AvgIpc) is 2.78. The molecule has 7 heteroatoms. The quantitative estimate of drug-likeness (QED) is 0.841. The molecule has 100 valence electrons. The van der Waals surface area contributed by atoms with Crippen molar-refractivity contribution in [2.75, 3.05) is 6.54 Å². The van der Waals surface area contributed by atoms with Gasteiger partial charge in [0.05, 0.1) is 11.0 Å². The Bertz CT molecular complexity index is 631. The van der Waals surface area contributed by atoms with Crippen molar-refractivity contribution in [3.05, 3.63) is 42.2 Å². The topological polar surface area (TPSA) is 57.8 Å². The predicted octanol–water partition coefficient (Wildman–Crippen LogP) is 2.50.